The predicted octanol–water partition coefficient (Wildman–Crippen LogP) is 2.55. The second-order valence-corrected chi connectivity index (χ2v) is 9.71. The standard InChI is InChI=1S/C20H35N3O2/c1-19(2)12-15(13-20(3,4)21-19)11-17(24)22-9-10-23(18(25)14-22)16-7-5-6-8-16/h15-16,21H,5-14H2,1-4H3. The smallest absolute Gasteiger partial charge is 0.242 e. The first-order valence-corrected chi connectivity index (χ1v) is 10.0. The van der Waals surface area contributed by atoms with Crippen molar-refractivity contribution in [2.24, 2.45) is 5.92 Å². The van der Waals surface area contributed by atoms with Crippen molar-refractivity contribution in [3.63, 3.8) is 0 Å². The fourth-order valence-electron chi connectivity index (χ4n) is 5.56. The minimum atomic E-state index is 0.0592. The monoisotopic (exact) mass is 349 g/mol. The zero-order valence-electron chi connectivity index (χ0n) is 16.4. The van der Waals surface area contributed by atoms with E-state index in [9.17, 15) is 9.59 Å². The number of carbonyl (C=O) groups is 2. The highest BCUT2D eigenvalue weighted by Crippen LogP contribution is 2.35. The Balaban J connectivity index is 1.54. The maximum Gasteiger partial charge on any atom is 0.242 e. The van der Waals surface area contributed by atoms with Gasteiger partial charge < -0.3 is 15.1 Å². The minimum absolute atomic E-state index is 0.0592. The molecule has 25 heavy (non-hydrogen) atoms. The van der Waals surface area contributed by atoms with Crippen LogP contribution in [0.5, 0.6) is 0 Å². The van der Waals surface area contributed by atoms with Gasteiger partial charge in [0, 0.05) is 36.6 Å². The second kappa shape index (κ2) is 6.90. The Morgan fingerprint density at radius 2 is 1.68 bits per heavy atom. The molecule has 2 amide bonds. The highest BCUT2D eigenvalue weighted by molar-refractivity contribution is 5.86. The lowest BCUT2D eigenvalue weighted by Crippen LogP contribution is -2.58. The van der Waals surface area contributed by atoms with Crippen molar-refractivity contribution >= 4 is 11.8 Å². The van der Waals surface area contributed by atoms with Crippen LogP contribution in [0.15, 0.2) is 0 Å². The van der Waals surface area contributed by atoms with Crippen LogP contribution in [0.3, 0.4) is 0 Å². The van der Waals surface area contributed by atoms with Gasteiger partial charge in [-0.1, -0.05) is 12.8 Å². The molecule has 2 heterocycles. The van der Waals surface area contributed by atoms with E-state index in [2.05, 4.69) is 33.0 Å². The molecule has 0 aromatic carbocycles. The lowest BCUT2D eigenvalue weighted by Gasteiger charge is -2.47. The van der Waals surface area contributed by atoms with Crippen molar-refractivity contribution in [2.75, 3.05) is 19.6 Å². The number of piperidine rings is 1. The van der Waals surface area contributed by atoms with Crippen LogP contribution in [0.4, 0.5) is 0 Å². The van der Waals surface area contributed by atoms with Gasteiger partial charge in [0.15, 0.2) is 0 Å². The lowest BCUT2D eigenvalue weighted by molar-refractivity contribution is -0.147. The summed E-state index contributed by atoms with van der Waals surface area (Å²) in [7, 11) is 0. The van der Waals surface area contributed by atoms with Gasteiger partial charge in [-0.25, -0.2) is 0 Å². The van der Waals surface area contributed by atoms with E-state index in [4.69, 9.17) is 0 Å². The highest BCUT2D eigenvalue weighted by atomic mass is 16.2. The number of rotatable bonds is 3. The molecule has 0 spiro atoms. The van der Waals surface area contributed by atoms with E-state index < -0.39 is 0 Å². The zero-order chi connectivity index (χ0) is 18.2. The third-order valence-electron chi connectivity index (χ3n) is 6.11. The summed E-state index contributed by atoms with van der Waals surface area (Å²) in [6.45, 7) is 10.6. The molecular weight excluding hydrogens is 314 g/mol. The molecule has 5 nitrogen and oxygen atoms in total. The number of amides is 2. The van der Waals surface area contributed by atoms with E-state index in [-0.39, 0.29) is 29.4 Å². The molecule has 0 radical (unpaired) electrons. The molecule has 2 aliphatic heterocycles. The maximum atomic E-state index is 12.8. The molecule has 3 rings (SSSR count). The molecule has 0 aromatic heterocycles. The van der Waals surface area contributed by atoms with Crippen molar-refractivity contribution in [2.45, 2.75) is 89.8 Å². The second-order valence-electron chi connectivity index (χ2n) is 9.71. The molecule has 0 bridgehead atoms. The maximum absolute atomic E-state index is 12.8. The molecule has 1 N–H and O–H groups in total. The number of hydrogen-bond donors (Lipinski definition) is 1. The third kappa shape index (κ3) is 4.55. The van der Waals surface area contributed by atoms with Crippen LogP contribution in [0, 0.1) is 5.92 Å². The Hall–Kier alpha value is -1.10. The van der Waals surface area contributed by atoms with E-state index in [1.54, 1.807) is 4.90 Å². The fourth-order valence-corrected chi connectivity index (χ4v) is 5.56. The zero-order valence-corrected chi connectivity index (χ0v) is 16.4. The third-order valence-corrected chi connectivity index (χ3v) is 6.11. The normalized spacial score (nSPS) is 27.8. The van der Waals surface area contributed by atoms with Crippen LogP contribution in [0.25, 0.3) is 0 Å². The Labute approximate surface area is 152 Å². The summed E-state index contributed by atoms with van der Waals surface area (Å²) >= 11 is 0. The van der Waals surface area contributed by atoms with Gasteiger partial charge >= 0.3 is 0 Å². The lowest BCUT2D eigenvalue weighted by atomic mass is 9.74. The van der Waals surface area contributed by atoms with E-state index >= 15 is 0 Å². The average Bonchev–Trinajstić information content (AvgIpc) is 2.97. The van der Waals surface area contributed by atoms with Gasteiger partial charge in [0.25, 0.3) is 0 Å². The van der Waals surface area contributed by atoms with Crippen LogP contribution < -0.4 is 5.32 Å². The molecule has 1 aliphatic carbocycles. The Bertz CT molecular complexity index is 507. The van der Waals surface area contributed by atoms with Gasteiger partial charge in [0.2, 0.25) is 11.8 Å². The van der Waals surface area contributed by atoms with Crippen molar-refractivity contribution in [3.05, 3.63) is 0 Å². The summed E-state index contributed by atoms with van der Waals surface area (Å²) < 4.78 is 0. The molecule has 142 valence electrons. The van der Waals surface area contributed by atoms with Crippen LogP contribution in [0.2, 0.25) is 0 Å². The van der Waals surface area contributed by atoms with Crippen molar-refractivity contribution in [3.8, 4) is 0 Å². The van der Waals surface area contributed by atoms with Crippen LogP contribution in [-0.2, 0) is 9.59 Å². The predicted molar refractivity (Wildman–Crippen MR) is 99.2 cm³/mol. The Kier molecular flexibility index (Phi) is 5.16. The average molecular weight is 350 g/mol. The Morgan fingerprint density at radius 3 is 2.24 bits per heavy atom. The van der Waals surface area contributed by atoms with Gasteiger partial charge in [0.05, 0.1) is 6.54 Å². The summed E-state index contributed by atoms with van der Waals surface area (Å²) in [5.74, 6) is 0.706. The number of piperazine rings is 1. The first kappa shape index (κ1) is 18.7. The minimum Gasteiger partial charge on any atom is -0.336 e. The van der Waals surface area contributed by atoms with Crippen LogP contribution >= 0.6 is 0 Å². The van der Waals surface area contributed by atoms with Crippen molar-refractivity contribution in [1.82, 2.24) is 15.1 Å². The molecule has 0 unspecified atom stereocenters. The SMILES string of the molecule is CC1(C)CC(CC(=O)N2CCN(C3CCCC3)C(=O)C2)CC(C)(C)N1. The van der Waals surface area contributed by atoms with Gasteiger partial charge in [-0.3, -0.25) is 9.59 Å². The number of hydrogen-bond acceptors (Lipinski definition) is 3. The van der Waals surface area contributed by atoms with E-state index in [1.807, 2.05) is 4.90 Å². The molecule has 5 heteroatoms. The van der Waals surface area contributed by atoms with Crippen molar-refractivity contribution in [1.29, 1.82) is 0 Å². The fraction of sp³-hybridized carbons (Fsp3) is 0.900. The molecule has 2 saturated heterocycles. The van der Waals surface area contributed by atoms with Crippen LogP contribution in [-0.4, -0.2) is 58.4 Å². The number of nitrogens with zero attached hydrogens (tertiary/aromatic N) is 2. The highest BCUT2D eigenvalue weighted by Gasteiger charge is 2.39. The molecule has 3 aliphatic rings. The van der Waals surface area contributed by atoms with E-state index in [0.29, 0.717) is 24.9 Å². The Morgan fingerprint density at radius 1 is 1.08 bits per heavy atom. The number of carbonyl (C=O) groups excluding carboxylic acids is 2. The van der Waals surface area contributed by atoms with Gasteiger partial charge in [-0.05, 0) is 59.3 Å². The summed E-state index contributed by atoms with van der Waals surface area (Å²) in [6.07, 6.45) is 7.34. The van der Waals surface area contributed by atoms with Crippen molar-refractivity contribution < 1.29 is 9.59 Å². The largest absolute Gasteiger partial charge is 0.336 e. The topological polar surface area (TPSA) is 52.7 Å². The molecular formula is C20H35N3O2. The van der Waals surface area contributed by atoms with E-state index in [1.165, 1.54) is 12.8 Å². The van der Waals surface area contributed by atoms with E-state index in [0.717, 1.165) is 32.2 Å². The summed E-state index contributed by atoms with van der Waals surface area (Å²) in [6, 6.07) is 0.427. The summed E-state index contributed by atoms with van der Waals surface area (Å²) in [5, 5.41) is 3.67. The molecule has 0 aromatic rings. The first-order valence-electron chi connectivity index (χ1n) is 10.0. The summed E-state index contributed by atoms with van der Waals surface area (Å²) in [4.78, 5) is 29.1. The first-order chi connectivity index (χ1) is 11.7. The van der Waals surface area contributed by atoms with Gasteiger partial charge in [0.1, 0.15) is 0 Å². The molecule has 0 atom stereocenters. The van der Waals surface area contributed by atoms with Crippen LogP contribution in [0.1, 0.15) is 72.6 Å². The van der Waals surface area contributed by atoms with Gasteiger partial charge in [-0.15, -0.1) is 0 Å². The van der Waals surface area contributed by atoms with Gasteiger partial charge in [-0.2, -0.15) is 0 Å². The summed E-state index contributed by atoms with van der Waals surface area (Å²) in [5.41, 5.74) is 0.118. The number of nitrogens with one attached hydrogen (secondary N) is 1. The molecule has 3 fully saturated rings. The molecule has 1 saturated carbocycles. The quantitative estimate of drug-likeness (QED) is 0.852.